The summed E-state index contributed by atoms with van der Waals surface area (Å²) >= 11 is 0. The van der Waals surface area contributed by atoms with Crippen molar-refractivity contribution in [3.63, 3.8) is 0 Å². The molecule has 1 N–H and O–H groups in total. The molecular weight excluding hydrogens is 372 g/mol. The molecule has 4 fully saturated rings. The summed E-state index contributed by atoms with van der Waals surface area (Å²) in [6.07, 6.45) is 16.3. The number of hydrogen-bond donors (Lipinski definition) is 1. The highest BCUT2D eigenvalue weighted by atomic mass is 16.4. The highest BCUT2D eigenvalue weighted by Gasteiger charge is 2.46. The third kappa shape index (κ3) is 3.19. The maximum absolute atomic E-state index is 11.4. The van der Waals surface area contributed by atoms with E-state index in [0.29, 0.717) is 6.04 Å². The molecule has 6 rings (SSSR count). The van der Waals surface area contributed by atoms with Gasteiger partial charge in [-0.2, -0.15) is 0 Å². The summed E-state index contributed by atoms with van der Waals surface area (Å²) < 4.78 is 2.44. The van der Waals surface area contributed by atoms with Gasteiger partial charge in [0.15, 0.2) is 0 Å². The summed E-state index contributed by atoms with van der Waals surface area (Å²) in [6.45, 7) is 0. The SMILES string of the molecule is O=C(O)Cc1cn([C@H]2C[C@H]3CC[C@@H](C2)N3[C@H]2C[C@@H]3CCC[C@@H](C3)C2)c2ccccc12. The van der Waals surface area contributed by atoms with E-state index in [2.05, 4.69) is 33.9 Å². The van der Waals surface area contributed by atoms with Gasteiger partial charge in [-0.15, -0.1) is 0 Å². The molecule has 4 heteroatoms. The summed E-state index contributed by atoms with van der Waals surface area (Å²) in [5.74, 6) is 1.24. The van der Waals surface area contributed by atoms with Crippen molar-refractivity contribution >= 4 is 16.9 Å². The molecule has 160 valence electrons. The van der Waals surface area contributed by atoms with Crippen LogP contribution in [0.2, 0.25) is 0 Å². The van der Waals surface area contributed by atoms with Crippen molar-refractivity contribution in [1.82, 2.24) is 9.47 Å². The number of nitrogens with zero attached hydrogens (tertiary/aromatic N) is 2. The summed E-state index contributed by atoms with van der Waals surface area (Å²) in [6, 6.07) is 11.2. The molecule has 6 atom stereocenters. The molecule has 2 saturated carbocycles. The van der Waals surface area contributed by atoms with Crippen LogP contribution in [-0.4, -0.2) is 38.7 Å². The summed E-state index contributed by atoms with van der Waals surface area (Å²) in [5, 5.41) is 10.5. The predicted molar refractivity (Wildman–Crippen MR) is 119 cm³/mol. The number of para-hydroxylation sites is 1. The fraction of sp³-hybridized carbons (Fsp3) is 0.654. The lowest BCUT2D eigenvalue weighted by atomic mass is 9.69. The molecule has 3 heterocycles. The number of fused-ring (bicyclic) bond motifs is 5. The van der Waals surface area contributed by atoms with Crippen LogP contribution in [0.15, 0.2) is 30.5 Å². The Morgan fingerprint density at radius 1 is 0.867 bits per heavy atom. The highest BCUT2D eigenvalue weighted by Crippen LogP contribution is 2.48. The standard InChI is InChI=1S/C26H34N2O2/c29-26(30)13-19-16-27(25-7-2-1-6-24(19)25)22-14-20-8-9-21(15-22)28(20)23-11-17-4-3-5-18(10-17)12-23/h1-2,6-7,16-18,20-23H,3-5,8-15H2,(H,29,30)/t17-,18+,20-,21+,22+,23+. The second-order valence-electron chi connectivity index (χ2n) is 10.6. The molecule has 30 heavy (non-hydrogen) atoms. The fourth-order valence-electron chi connectivity index (χ4n) is 7.83. The van der Waals surface area contributed by atoms with Gasteiger partial charge >= 0.3 is 5.97 Å². The Balaban J connectivity index is 1.26. The molecule has 4 aliphatic rings. The van der Waals surface area contributed by atoms with E-state index in [-0.39, 0.29) is 6.42 Å². The van der Waals surface area contributed by atoms with E-state index in [1.54, 1.807) is 0 Å². The number of piperidine rings is 1. The summed E-state index contributed by atoms with van der Waals surface area (Å²) in [5.41, 5.74) is 2.19. The zero-order valence-corrected chi connectivity index (χ0v) is 17.9. The van der Waals surface area contributed by atoms with E-state index in [9.17, 15) is 9.90 Å². The molecule has 0 unspecified atom stereocenters. The second kappa shape index (κ2) is 7.40. The molecule has 4 nitrogen and oxygen atoms in total. The van der Waals surface area contributed by atoms with Crippen molar-refractivity contribution in [1.29, 1.82) is 0 Å². The first-order chi connectivity index (χ1) is 14.7. The molecule has 2 saturated heterocycles. The summed E-state index contributed by atoms with van der Waals surface area (Å²) in [4.78, 5) is 14.4. The first kappa shape index (κ1) is 18.9. The minimum absolute atomic E-state index is 0.115. The van der Waals surface area contributed by atoms with Crippen molar-refractivity contribution in [2.45, 2.75) is 94.8 Å². The molecule has 1 aromatic carbocycles. The Bertz CT molecular complexity index is 924. The van der Waals surface area contributed by atoms with Crippen molar-refractivity contribution in [2.75, 3.05) is 0 Å². The number of carboxylic acids is 1. The first-order valence-electron chi connectivity index (χ1n) is 12.2. The Kier molecular flexibility index (Phi) is 4.67. The minimum Gasteiger partial charge on any atom is -0.481 e. The first-order valence-corrected chi connectivity index (χ1v) is 12.2. The van der Waals surface area contributed by atoms with E-state index in [1.807, 2.05) is 6.07 Å². The number of aliphatic carboxylic acids is 1. The molecular formula is C26H34N2O2. The quantitative estimate of drug-likeness (QED) is 0.739. The molecule has 2 aliphatic carbocycles. The van der Waals surface area contributed by atoms with Crippen LogP contribution in [-0.2, 0) is 11.2 Å². The van der Waals surface area contributed by atoms with Gasteiger partial charge < -0.3 is 9.67 Å². The number of hydrogen-bond acceptors (Lipinski definition) is 2. The third-order valence-electron chi connectivity index (χ3n) is 8.85. The largest absolute Gasteiger partial charge is 0.481 e. The molecule has 1 aromatic heterocycles. The van der Waals surface area contributed by atoms with Crippen LogP contribution in [0.3, 0.4) is 0 Å². The molecule has 0 spiro atoms. The van der Waals surface area contributed by atoms with Crippen LogP contribution in [0.5, 0.6) is 0 Å². The zero-order valence-electron chi connectivity index (χ0n) is 17.9. The highest BCUT2D eigenvalue weighted by molar-refractivity contribution is 5.87. The predicted octanol–water partition coefficient (Wildman–Crippen LogP) is 5.41. The molecule has 2 aliphatic heterocycles. The van der Waals surface area contributed by atoms with Gasteiger partial charge in [-0.25, -0.2) is 0 Å². The van der Waals surface area contributed by atoms with Crippen LogP contribution in [0.1, 0.15) is 75.8 Å². The Morgan fingerprint density at radius 3 is 2.27 bits per heavy atom. The maximum atomic E-state index is 11.4. The van der Waals surface area contributed by atoms with Crippen LogP contribution in [0, 0.1) is 11.8 Å². The fourth-order valence-corrected chi connectivity index (χ4v) is 7.83. The third-order valence-corrected chi connectivity index (χ3v) is 8.85. The Hall–Kier alpha value is -1.81. The van der Waals surface area contributed by atoms with Crippen molar-refractivity contribution in [3.05, 3.63) is 36.0 Å². The lowest BCUT2D eigenvalue weighted by molar-refractivity contribution is -0.136. The van der Waals surface area contributed by atoms with Crippen molar-refractivity contribution in [2.24, 2.45) is 11.8 Å². The van der Waals surface area contributed by atoms with Gasteiger partial charge in [-0.1, -0.05) is 37.5 Å². The van der Waals surface area contributed by atoms with E-state index in [4.69, 9.17) is 0 Å². The lowest BCUT2D eigenvalue weighted by Crippen LogP contribution is -2.52. The lowest BCUT2D eigenvalue weighted by Gasteiger charge is -2.49. The van der Waals surface area contributed by atoms with Gasteiger partial charge in [0.1, 0.15) is 0 Å². The topological polar surface area (TPSA) is 45.5 Å². The van der Waals surface area contributed by atoms with Gasteiger partial charge in [0.05, 0.1) is 6.42 Å². The number of benzene rings is 1. The Labute approximate surface area is 179 Å². The average Bonchev–Trinajstić information content (AvgIpc) is 3.22. The average molecular weight is 407 g/mol. The zero-order chi connectivity index (χ0) is 20.2. The van der Waals surface area contributed by atoms with Gasteiger partial charge in [0, 0.05) is 41.3 Å². The number of aromatic nitrogens is 1. The minimum atomic E-state index is -0.740. The molecule has 4 bridgehead atoms. The van der Waals surface area contributed by atoms with Crippen LogP contribution < -0.4 is 0 Å². The van der Waals surface area contributed by atoms with Gasteiger partial charge in [0.2, 0.25) is 0 Å². The normalized spacial score (nSPS) is 36.3. The number of rotatable bonds is 4. The van der Waals surface area contributed by atoms with E-state index in [0.717, 1.165) is 40.9 Å². The Morgan fingerprint density at radius 2 is 1.57 bits per heavy atom. The van der Waals surface area contributed by atoms with Crippen molar-refractivity contribution in [3.8, 4) is 0 Å². The number of carboxylic acid groups (broad SMARTS) is 1. The number of carbonyl (C=O) groups is 1. The molecule has 2 aromatic rings. The van der Waals surface area contributed by atoms with Crippen LogP contribution >= 0.6 is 0 Å². The van der Waals surface area contributed by atoms with Gasteiger partial charge in [0.25, 0.3) is 0 Å². The molecule has 0 radical (unpaired) electrons. The van der Waals surface area contributed by atoms with Crippen LogP contribution in [0.4, 0.5) is 0 Å². The maximum Gasteiger partial charge on any atom is 0.307 e. The molecule has 0 amide bonds. The smallest absolute Gasteiger partial charge is 0.307 e. The second-order valence-corrected chi connectivity index (χ2v) is 10.6. The van der Waals surface area contributed by atoms with Crippen LogP contribution in [0.25, 0.3) is 10.9 Å². The van der Waals surface area contributed by atoms with Gasteiger partial charge in [-0.3, -0.25) is 9.69 Å². The van der Waals surface area contributed by atoms with E-state index < -0.39 is 5.97 Å². The van der Waals surface area contributed by atoms with E-state index >= 15 is 0 Å². The van der Waals surface area contributed by atoms with Crippen molar-refractivity contribution < 1.29 is 9.90 Å². The van der Waals surface area contributed by atoms with Gasteiger partial charge in [-0.05, 0) is 68.4 Å². The van der Waals surface area contributed by atoms with E-state index in [1.165, 1.54) is 69.7 Å². The monoisotopic (exact) mass is 406 g/mol. The summed E-state index contributed by atoms with van der Waals surface area (Å²) in [7, 11) is 0.